The summed E-state index contributed by atoms with van der Waals surface area (Å²) in [6.07, 6.45) is 0.175. The van der Waals surface area contributed by atoms with Gasteiger partial charge in [0.15, 0.2) is 6.61 Å². The van der Waals surface area contributed by atoms with Gasteiger partial charge in [-0.15, -0.1) is 0 Å². The van der Waals surface area contributed by atoms with Crippen molar-refractivity contribution in [2.45, 2.75) is 6.42 Å². The van der Waals surface area contributed by atoms with E-state index < -0.39 is 23.4 Å². The van der Waals surface area contributed by atoms with Gasteiger partial charge < -0.3 is 14.5 Å². The molecule has 9 heteroatoms. The smallest absolute Gasteiger partial charge is 0.338 e. The zero-order chi connectivity index (χ0) is 18.3. The first-order valence-corrected chi connectivity index (χ1v) is 7.01. The molecule has 0 heterocycles. The molecule has 1 aromatic carbocycles. The number of nitrogens with zero attached hydrogens (tertiary/aromatic N) is 4. The van der Waals surface area contributed by atoms with E-state index in [1.807, 2.05) is 6.07 Å². The van der Waals surface area contributed by atoms with Crippen molar-refractivity contribution in [3.63, 3.8) is 0 Å². The molecular weight excluding hydrogens is 316 g/mol. The largest absolute Gasteiger partial charge is 0.452 e. The molecule has 0 aliphatic carbocycles. The molecule has 0 aromatic heterocycles. The second-order valence-corrected chi connectivity index (χ2v) is 5.15. The lowest BCUT2D eigenvalue weighted by molar-refractivity contribution is -0.384. The summed E-state index contributed by atoms with van der Waals surface area (Å²) in [6, 6.07) is 5.86. The zero-order valence-electron chi connectivity index (χ0n) is 13.7. The summed E-state index contributed by atoms with van der Waals surface area (Å²) in [5, 5.41) is 19.6. The maximum absolute atomic E-state index is 12.0. The molecule has 0 unspecified atom stereocenters. The Morgan fingerprint density at radius 1 is 1.33 bits per heavy atom. The van der Waals surface area contributed by atoms with E-state index in [4.69, 9.17) is 10.00 Å². The van der Waals surface area contributed by atoms with Gasteiger partial charge in [-0.25, -0.2) is 4.79 Å². The Morgan fingerprint density at radius 2 is 2.00 bits per heavy atom. The molecule has 0 aliphatic rings. The lowest BCUT2D eigenvalue weighted by Gasteiger charge is -2.15. The van der Waals surface area contributed by atoms with Gasteiger partial charge in [0, 0.05) is 33.8 Å². The first-order valence-electron chi connectivity index (χ1n) is 7.01. The van der Waals surface area contributed by atoms with Crippen molar-refractivity contribution in [2.75, 3.05) is 39.2 Å². The lowest BCUT2D eigenvalue weighted by atomic mass is 10.1. The molecule has 1 rings (SSSR count). The second kappa shape index (κ2) is 8.47. The van der Waals surface area contributed by atoms with Crippen LogP contribution in [0.1, 0.15) is 16.8 Å². The number of carbonyl (C=O) groups is 2. The summed E-state index contributed by atoms with van der Waals surface area (Å²) in [5.74, 6) is -1.29. The first-order chi connectivity index (χ1) is 11.3. The van der Waals surface area contributed by atoms with Crippen molar-refractivity contribution in [3.05, 3.63) is 33.9 Å². The van der Waals surface area contributed by atoms with Gasteiger partial charge in [-0.1, -0.05) is 0 Å². The van der Waals surface area contributed by atoms with Gasteiger partial charge in [0.25, 0.3) is 11.6 Å². The highest BCUT2D eigenvalue weighted by Gasteiger charge is 2.20. The standard InChI is InChI=1S/C15H18N4O5/c1-17(2)12-6-5-11(9-13(12)19(22)23)15(21)24-10-14(20)18(3)8-4-7-16/h5-6,9H,4,8,10H2,1-3H3. The molecule has 0 saturated carbocycles. The maximum atomic E-state index is 12.0. The summed E-state index contributed by atoms with van der Waals surface area (Å²) >= 11 is 0. The van der Waals surface area contributed by atoms with Crippen LogP contribution in [0.3, 0.4) is 0 Å². The number of hydrogen-bond donors (Lipinski definition) is 0. The predicted molar refractivity (Wildman–Crippen MR) is 85.6 cm³/mol. The monoisotopic (exact) mass is 334 g/mol. The van der Waals surface area contributed by atoms with Crippen LogP contribution in [0, 0.1) is 21.4 Å². The molecule has 0 radical (unpaired) electrons. The fourth-order valence-corrected chi connectivity index (χ4v) is 1.84. The van der Waals surface area contributed by atoms with Gasteiger partial charge in [0.2, 0.25) is 0 Å². The summed E-state index contributed by atoms with van der Waals surface area (Å²) in [4.78, 5) is 37.0. The van der Waals surface area contributed by atoms with Gasteiger partial charge in [-0.3, -0.25) is 14.9 Å². The third-order valence-corrected chi connectivity index (χ3v) is 3.20. The maximum Gasteiger partial charge on any atom is 0.338 e. The van der Waals surface area contributed by atoms with Crippen molar-refractivity contribution in [3.8, 4) is 6.07 Å². The SMILES string of the molecule is CN(CCC#N)C(=O)COC(=O)c1ccc(N(C)C)c([N+](=O)[O-])c1. The van der Waals surface area contributed by atoms with E-state index in [2.05, 4.69) is 0 Å². The van der Waals surface area contributed by atoms with Crippen LogP contribution in [-0.2, 0) is 9.53 Å². The van der Waals surface area contributed by atoms with Crippen LogP contribution in [0.5, 0.6) is 0 Å². The summed E-state index contributed by atoms with van der Waals surface area (Å²) in [7, 11) is 4.79. The number of hydrogen-bond acceptors (Lipinski definition) is 7. The fourth-order valence-electron chi connectivity index (χ4n) is 1.84. The van der Waals surface area contributed by atoms with Gasteiger partial charge in [0.05, 0.1) is 23.0 Å². The minimum Gasteiger partial charge on any atom is -0.452 e. The molecule has 0 bridgehead atoms. The Balaban J connectivity index is 2.79. The third kappa shape index (κ3) is 4.95. The Morgan fingerprint density at radius 3 is 2.54 bits per heavy atom. The van der Waals surface area contributed by atoms with Crippen LogP contribution in [0.15, 0.2) is 18.2 Å². The molecule has 0 saturated heterocycles. The quantitative estimate of drug-likeness (QED) is 0.417. The molecule has 1 amide bonds. The van der Waals surface area contributed by atoms with E-state index in [9.17, 15) is 19.7 Å². The number of nitro benzene ring substituents is 1. The average Bonchev–Trinajstić information content (AvgIpc) is 2.56. The molecule has 1 aromatic rings. The highest BCUT2D eigenvalue weighted by Crippen LogP contribution is 2.27. The van der Waals surface area contributed by atoms with Crippen molar-refractivity contribution in [2.24, 2.45) is 0 Å². The van der Waals surface area contributed by atoms with E-state index >= 15 is 0 Å². The third-order valence-electron chi connectivity index (χ3n) is 3.20. The van der Waals surface area contributed by atoms with Crippen molar-refractivity contribution in [1.29, 1.82) is 5.26 Å². The normalized spacial score (nSPS) is 9.75. The summed E-state index contributed by atoms with van der Waals surface area (Å²) in [6.45, 7) is -0.264. The Bertz CT molecular complexity index is 681. The number of anilines is 1. The van der Waals surface area contributed by atoms with Crippen molar-refractivity contribution >= 4 is 23.3 Å². The van der Waals surface area contributed by atoms with E-state index in [1.54, 1.807) is 19.0 Å². The number of likely N-dealkylation sites (N-methyl/N-ethyl adjacent to an activating group) is 1. The van der Waals surface area contributed by atoms with Crippen LogP contribution < -0.4 is 4.90 Å². The number of rotatable bonds is 7. The average molecular weight is 334 g/mol. The van der Waals surface area contributed by atoms with Crippen molar-refractivity contribution < 1.29 is 19.2 Å². The highest BCUT2D eigenvalue weighted by molar-refractivity contribution is 5.93. The van der Waals surface area contributed by atoms with Crippen molar-refractivity contribution in [1.82, 2.24) is 4.90 Å². The van der Waals surface area contributed by atoms with E-state index in [0.717, 1.165) is 6.07 Å². The molecule has 0 spiro atoms. The number of benzene rings is 1. The van der Waals surface area contributed by atoms with Crippen LogP contribution in [-0.4, -0.2) is 56.0 Å². The summed E-state index contributed by atoms with van der Waals surface area (Å²) < 4.78 is 4.88. The first kappa shape index (κ1) is 18.9. The van der Waals surface area contributed by atoms with Crippen LogP contribution in [0.2, 0.25) is 0 Å². The predicted octanol–water partition coefficient (Wildman–Crippen LogP) is 1.19. The Labute approximate surface area is 139 Å². The zero-order valence-corrected chi connectivity index (χ0v) is 13.7. The number of nitriles is 1. The number of nitro groups is 1. The highest BCUT2D eigenvalue weighted by atomic mass is 16.6. The fraction of sp³-hybridized carbons (Fsp3) is 0.400. The van der Waals surface area contributed by atoms with Crippen LogP contribution >= 0.6 is 0 Å². The molecule has 9 nitrogen and oxygen atoms in total. The topological polar surface area (TPSA) is 117 Å². The number of ether oxygens (including phenoxy) is 1. The molecule has 0 atom stereocenters. The molecule has 0 N–H and O–H groups in total. The molecule has 24 heavy (non-hydrogen) atoms. The van der Waals surface area contributed by atoms with Gasteiger partial charge in [-0.05, 0) is 12.1 Å². The molecule has 0 aliphatic heterocycles. The van der Waals surface area contributed by atoms with E-state index in [1.165, 1.54) is 24.1 Å². The minimum absolute atomic E-state index is 0.0141. The van der Waals surface area contributed by atoms with Gasteiger partial charge >= 0.3 is 5.97 Å². The Hall–Kier alpha value is -3.15. The molecule has 128 valence electrons. The van der Waals surface area contributed by atoms with E-state index in [0.29, 0.717) is 5.69 Å². The summed E-state index contributed by atoms with van der Waals surface area (Å²) in [5.41, 5.74) is 0.107. The molecule has 0 fully saturated rings. The van der Waals surface area contributed by atoms with Gasteiger partial charge in [-0.2, -0.15) is 5.26 Å². The Kier molecular flexibility index (Phi) is 6.67. The van der Waals surface area contributed by atoms with Crippen LogP contribution in [0.4, 0.5) is 11.4 Å². The number of esters is 1. The van der Waals surface area contributed by atoms with Crippen LogP contribution in [0.25, 0.3) is 0 Å². The van der Waals surface area contributed by atoms with Gasteiger partial charge in [0.1, 0.15) is 5.69 Å². The number of amides is 1. The minimum atomic E-state index is -0.828. The number of carbonyl (C=O) groups excluding carboxylic acids is 2. The molecular formula is C15H18N4O5. The van der Waals surface area contributed by atoms with E-state index in [-0.39, 0.29) is 24.2 Å². The lowest BCUT2D eigenvalue weighted by Crippen LogP contribution is -2.31. The second-order valence-electron chi connectivity index (χ2n) is 5.15.